The summed E-state index contributed by atoms with van der Waals surface area (Å²) < 4.78 is 0. The molecule has 2 unspecified atom stereocenters. The molecule has 0 aromatic heterocycles. The summed E-state index contributed by atoms with van der Waals surface area (Å²) >= 11 is 0. The topological polar surface area (TPSA) is 23.5 Å². The fourth-order valence-corrected chi connectivity index (χ4v) is 3.79. The molecule has 0 radical (unpaired) electrons. The summed E-state index contributed by atoms with van der Waals surface area (Å²) in [5, 5.41) is 10.7. The van der Waals surface area contributed by atoms with Gasteiger partial charge in [0.2, 0.25) is 0 Å². The lowest BCUT2D eigenvalue weighted by Crippen LogP contribution is -2.41. The first-order chi connectivity index (χ1) is 9.52. The number of hydrogen-bond donors (Lipinski definition) is 1. The highest BCUT2D eigenvalue weighted by atomic mass is 16.3. The van der Waals surface area contributed by atoms with Crippen LogP contribution in [0, 0.1) is 20.8 Å². The molecule has 0 bridgehead atoms. The number of aliphatic hydroxyl groups is 1. The molecule has 1 aliphatic heterocycles. The minimum absolute atomic E-state index is 0.359. The number of aryl methyl sites for hydroxylation is 3. The Balaban J connectivity index is 2.13. The predicted octanol–water partition coefficient (Wildman–Crippen LogP) is 3.91. The largest absolute Gasteiger partial charge is 0.387 e. The molecule has 0 aliphatic carbocycles. The average molecular weight is 275 g/mol. The molecule has 1 aromatic carbocycles. The summed E-state index contributed by atoms with van der Waals surface area (Å²) in [6.07, 6.45) is 4.74. The maximum atomic E-state index is 10.7. The average Bonchev–Trinajstić information content (AvgIpc) is 2.38. The van der Waals surface area contributed by atoms with E-state index in [0.717, 1.165) is 18.7 Å². The van der Waals surface area contributed by atoms with Crippen LogP contribution >= 0.6 is 0 Å². The van der Waals surface area contributed by atoms with Crippen LogP contribution in [0.2, 0.25) is 0 Å². The van der Waals surface area contributed by atoms with Crippen molar-refractivity contribution >= 4 is 0 Å². The van der Waals surface area contributed by atoms with Gasteiger partial charge in [-0.05, 0) is 63.3 Å². The number of benzene rings is 1. The highest BCUT2D eigenvalue weighted by Gasteiger charge is 2.24. The van der Waals surface area contributed by atoms with E-state index in [1.807, 2.05) is 0 Å². The molecule has 20 heavy (non-hydrogen) atoms. The first-order valence-corrected chi connectivity index (χ1v) is 8.02. The van der Waals surface area contributed by atoms with Gasteiger partial charge in [-0.3, -0.25) is 4.90 Å². The van der Waals surface area contributed by atoms with Crippen molar-refractivity contribution in [3.05, 3.63) is 34.4 Å². The Kier molecular flexibility index (Phi) is 5.22. The van der Waals surface area contributed by atoms with Gasteiger partial charge in [0, 0.05) is 12.6 Å². The van der Waals surface area contributed by atoms with Crippen molar-refractivity contribution in [1.82, 2.24) is 4.90 Å². The summed E-state index contributed by atoms with van der Waals surface area (Å²) in [6, 6.07) is 5.02. The number of piperidine rings is 1. The van der Waals surface area contributed by atoms with Crippen LogP contribution in [0.25, 0.3) is 0 Å². The molecule has 1 aromatic rings. The fourth-order valence-electron chi connectivity index (χ4n) is 3.79. The van der Waals surface area contributed by atoms with Crippen LogP contribution in [0.1, 0.15) is 61.0 Å². The van der Waals surface area contributed by atoms with E-state index in [4.69, 9.17) is 0 Å². The molecule has 1 saturated heterocycles. The number of likely N-dealkylation sites (tertiary alicyclic amines) is 1. The summed E-state index contributed by atoms with van der Waals surface area (Å²) in [5.41, 5.74) is 4.86. The third kappa shape index (κ3) is 3.42. The van der Waals surface area contributed by atoms with Gasteiger partial charge in [-0.15, -0.1) is 0 Å². The van der Waals surface area contributed by atoms with Crippen molar-refractivity contribution in [2.45, 2.75) is 65.5 Å². The van der Waals surface area contributed by atoms with Gasteiger partial charge < -0.3 is 5.11 Å². The Bertz CT molecular complexity index is 432. The van der Waals surface area contributed by atoms with Crippen molar-refractivity contribution in [1.29, 1.82) is 0 Å². The SMILES string of the molecule is CCC1CCCCN1CC(O)c1c(C)cc(C)cc1C. The number of nitrogens with zero attached hydrogens (tertiary/aromatic N) is 1. The van der Waals surface area contributed by atoms with Crippen LogP contribution in [-0.2, 0) is 0 Å². The van der Waals surface area contributed by atoms with Crippen LogP contribution < -0.4 is 0 Å². The number of β-amino-alcohol motifs (C(OH)–C–C–N with tert-alkyl or cyclic N) is 1. The van der Waals surface area contributed by atoms with Gasteiger partial charge in [0.15, 0.2) is 0 Å². The summed E-state index contributed by atoms with van der Waals surface area (Å²) in [7, 11) is 0. The van der Waals surface area contributed by atoms with E-state index < -0.39 is 0 Å². The third-order valence-corrected chi connectivity index (χ3v) is 4.70. The van der Waals surface area contributed by atoms with E-state index in [0.29, 0.717) is 6.04 Å². The number of aliphatic hydroxyl groups excluding tert-OH is 1. The Hall–Kier alpha value is -0.860. The van der Waals surface area contributed by atoms with Crippen LogP contribution in [0.5, 0.6) is 0 Å². The smallest absolute Gasteiger partial charge is 0.0922 e. The van der Waals surface area contributed by atoms with Gasteiger partial charge in [-0.25, -0.2) is 0 Å². The monoisotopic (exact) mass is 275 g/mol. The van der Waals surface area contributed by atoms with Crippen molar-refractivity contribution < 1.29 is 5.11 Å². The number of hydrogen-bond acceptors (Lipinski definition) is 2. The highest BCUT2D eigenvalue weighted by Crippen LogP contribution is 2.27. The molecule has 1 fully saturated rings. The van der Waals surface area contributed by atoms with Gasteiger partial charge >= 0.3 is 0 Å². The second kappa shape index (κ2) is 6.73. The first kappa shape index (κ1) is 15.5. The van der Waals surface area contributed by atoms with Crippen molar-refractivity contribution in [3.63, 3.8) is 0 Å². The Morgan fingerprint density at radius 1 is 1.20 bits per heavy atom. The standard InChI is InChI=1S/C18H29NO/c1-5-16-8-6-7-9-19(16)12-17(20)18-14(3)10-13(2)11-15(18)4/h10-11,16-17,20H,5-9,12H2,1-4H3. The zero-order chi connectivity index (χ0) is 14.7. The van der Waals surface area contributed by atoms with Crippen LogP contribution in [-0.4, -0.2) is 29.1 Å². The maximum Gasteiger partial charge on any atom is 0.0922 e. The van der Waals surface area contributed by atoms with E-state index in [-0.39, 0.29) is 6.10 Å². The molecular weight excluding hydrogens is 246 g/mol. The minimum atomic E-state index is -0.359. The molecule has 0 saturated carbocycles. The van der Waals surface area contributed by atoms with E-state index in [1.54, 1.807) is 0 Å². The second-order valence-electron chi connectivity index (χ2n) is 6.38. The van der Waals surface area contributed by atoms with E-state index in [1.165, 1.54) is 42.4 Å². The van der Waals surface area contributed by atoms with Crippen molar-refractivity contribution in [3.8, 4) is 0 Å². The fraction of sp³-hybridized carbons (Fsp3) is 0.667. The predicted molar refractivity (Wildman–Crippen MR) is 85.1 cm³/mol. The Morgan fingerprint density at radius 3 is 2.45 bits per heavy atom. The molecule has 2 atom stereocenters. The van der Waals surface area contributed by atoms with E-state index in [2.05, 4.69) is 44.7 Å². The van der Waals surface area contributed by atoms with Crippen LogP contribution in [0.15, 0.2) is 12.1 Å². The molecule has 112 valence electrons. The second-order valence-corrected chi connectivity index (χ2v) is 6.38. The summed E-state index contributed by atoms with van der Waals surface area (Å²) in [4.78, 5) is 2.49. The lowest BCUT2D eigenvalue weighted by molar-refractivity contribution is 0.0650. The zero-order valence-corrected chi connectivity index (χ0v) is 13.4. The van der Waals surface area contributed by atoms with E-state index >= 15 is 0 Å². The maximum absolute atomic E-state index is 10.7. The molecule has 2 nitrogen and oxygen atoms in total. The lowest BCUT2D eigenvalue weighted by Gasteiger charge is -2.37. The van der Waals surface area contributed by atoms with E-state index in [9.17, 15) is 5.11 Å². The lowest BCUT2D eigenvalue weighted by atomic mass is 9.93. The Labute approximate surface area is 123 Å². The molecule has 2 heteroatoms. The summed E-state index contributed by atoms with van der Waals surface area (Å²) in [6.45, 7) is 10.5. The van der Waals surface area contributed by atoms with Gasteiger partial charge in [-0.2, -0.15) is 0 Å². The third-order valence-electron chi connectivity index (χ3n) is 4.70. The van der Waals surface area contributed by atoms with Crippen LogP contribution in [0.3, 0.4) is 0 Å². The van der Waals surface area contributed by atoms with Gasteiger partial charge in [0.05, 0.1) is 6.10 Å². The quantitative estimate of drug-likeness (QED) is 0.900. The van der Waals surface area contributed by atoms with Gasteiger partial charge in [0.1, 0.15) is 0 Å². The molecule has 1 heterocycles. The van der Waals surface area contributed by atoms with Crippen LogP contribution in [0.4, 0.5) is 0 Å². The molecule has 1 aliphatic rings. The molecule has 2 rings (SSSR count). The Morgan fingerprint density at radius 2 is 1.85 bits per heavy atom. The highest BCUT2D eigenvalue weighted by molar-refractivity contribution is 5.39. The molecule has 1 N–H and O–H groups in total. The number of rotatable bonds is 4. The summed E-state index contributed by atoms with van der Waals surface area (Å²) in [5.74, 6) is 0. The molecule has 0 spiro atoms. The minimum Gasteiger partial charge on any atom is -0.387 e. The molecular formula is C18H29NO. The first-order valence-electron chi connectivity index (χ1n) is 8.02. The van der Waals surface area contributed by atoms with Crippen molar-refractivity contribution in [2.24, 2.45) is 0 Å². The van der Waals surface area contributed by atoms with Gasteiger partial charge in [-0.1, -0.05) is 31.0 Å². The van der Waals surface area contributed by atoms with Crippen molar-refractivity contribution in [2.75, 3.05) is 13.1 Å². The normalized spacial score (nSPS) is 21.9. The zero-order valence-electron chi connectivity index (χ0n) is 13.4. The van der Waals surface area contributed by atoms with Gasteiger partial charge in [0.25, 0.3) is 0 Å². The molecule has 0 amide bonds.